The smallest absolute Gasteiger partial charge is 0.251 e. The minimum absolute atomic E-state index is 0.0361. The SMILES string of the molecule is COCCCCNC(=O)c1ccc(CN)cc1. The summed E-state index contributed by atoms with van der Waals surface area (Å²) in [5.74, 6) is -0.0361. The normalized spacial score (nSPS) is 10.2. The molecule has 1 rings (SSSR count). The molecule has 17 heavy (non-hydrogen) atoms. The predicted molar refractivity (Wildman–Crippen MR) is 67.8 cm³/mol. The van der Waals surface area contributed by atoms with E-state index in [-0.39, 0.29) is 5.91 Å². The molecule has 1 aromatic carbocycles. The molecule has 0 bridgehead atoms. The van der Waals surface area contributed by atoms with Crippen molar-refractivity contribution >= 4 is 5.91 Å². The molecule has 4 heteroatoms. The Kier molecular flexibility index (Phi) is 6.29. The van der Waals surface area contributed by atoms with Crippen LogP contribution >= 0.6 is 0 Å². The van der Waals surface area contributed by atoms with Crippen molar-refractivity contribution < 1.29 is 9.53 Å². The minimum atomic E-state index is -0.0361. The van der Waals surface area contributed by atoms with E-state index in [1.54, 1.807) is 19.2 Å². The van der Waals surface area contributed by atoms with E-state index in [4.69, 9.17) is 10.5 Å². The third kappa shape index (κ3) is 4.97. The van der Waals surface area contributed by atoms with Crippen LogP contribution in [0.1, 0.15) is 28.8 Å². The quantitative estimate of drug-likeness (QED) is 0.701. The van der Waals surface area contributed by atoms with Crippen molar-refractivity contribution in [1.29, 1.82) is 0 Å². The Balaban J connectivity index is 2.31. The first-order valence-corrected chi connectivity index (χ1v) is 5.84. The Morgan fingerprint density at radius 1 is 1.29 bits per heavy atom. The van der Waals surface area contributed by atoms with Crippen LogP contribution in [0.4, 0.5) is 0 Å². The number of carbonyl (C=O) groups is 1. The molecule has 0 aliphatic rings. The van der Waals surface area contributed by atoms with Gasteiger partial charge in [0.05, 0.1) is 0 Å². The topological polar surface area (TPSA) is 64.3 Å². The van der Waals surface area contributed by atoms with Crippen LogP contribution in [0.5, 0.6) is 0 Å². The van der Waals surface area contributed by atoms with Crippen LogP contribution in [-0.4, -0.2) is 26.2 Å². The van der Waals surface area contributed by atoms with Gasteiger partial charge in [-0.2, -0.15) is 0 Å². The highest BCUT2D eigenvalue weighted by atomic mass is 16.5. The first-order valence-electron chi connectivity index (χ1n) is 5.84. The largest absolute Gasteiger partial charge is 0.385 e. The Labute approximate surface area is 102 Å². The Hall–Kier alpha value is -1.39. The summed E-state index contributed by atoms with van der Waals surface area (Å²) in [6.07, 6.45) is 1.89. The summed E-state index contributed by atoms with van der Waals surface area (Å²) >= 11 is 0. The van der Waals surface area contributed by atoms with Crippen LogP contribution in [0.2, 0.25) is 0 Å². The summed E-state index contributed by atoms with van der Waals surface area (Å²) in [6, 6.07) is 7.35. The van der Waals surface area contributed by atoms with E-state index in [9.17, 15) is 4.79 Å². The lowest BCUT2D eigenvalue weighted by Crippen LogP contribution is -2.24. The highest BCUT2D eigenvalue weighted by Gasteiger charge is 2.03. The van der Waals surface area contributed by atoms with Crippen molar-refractivity contribution in [3.63, 3.8) is 0 Å². The van der Waals surface area contributed by atoms with Gasteiger partial charge in [-0.25, -0.2) is 0 Å². The summed E-state index contributed by atoms with van der Waals surface area (Å²) in [5, 5.41) is 2.87. The lowest BCUT2D eigenvalue weighted by atomic mass is 10.1. The van der Waals surface area contributed by atoms with Gasteiger partial charge in [-0.15, -0.1) is 0 Å². The van der Waals surface area contributed by atoms with Gasteiger partial charge in [0.2, 0.25) is 0 Å². The standard InChI is InChI=1S/C13H20N2O2/c1-17-9-3-2-8-15-13(16)12-6-4-11(10-14)5-7-12/h4-7H,2-3,8-10,14H2,1H3,(H,15,16). The number of hydrogen-bond donors (Lipinski definition) is 2. The first-order chi connectivity index (χ1) is 8.27. The van der Waals surface area contributed by atoms with Crippen molar-refractivity contribution in [1.82, 2.24) is 5.32 Å². The number of nitrogens with one attached hydrogen (secondary N) is 1. The number of amides is 1. The Morgan fingerprint density at radius 3 is 2.59 bits per heavy atom. The third-order valence-electron chi connectivity index (χ3n) is 2.51. The molecular formula is C13H20N2O2. The molecule has 4 nitrogen and oxygen atoms in total. The molecule has 1 amide bonds. The van der Waals surface area contributed by atoms with Gasteiger partial charge in [-0.05, 0) is 30.5 Å². The average Bonchev–Trinajstić information content (AvgIpc) is 2.38. The fourth-order valence-corrected chi connectivity index (χ4v) is 1.47. The van der Waals surface area contributed by atoms with Gasteiger partial charge in [0.1, 0.15) is 0 Å². The van der Waals surface area contributed by atoms with E-state index >= 15 is 0 Å². The molecule has 0 saturated heterocycles. The van der Waals surface area contributed by atoms with E-state index in [2.05, 4.69) is 5.32 Å². The number of carbonyl (C=O) groups excluding carboxylic acids is 1. The molecule has 0 aliphatic carbocycles. The Morgan fingerprint density at radius 2 is 2.00 bits per heavy atom. The highest BCUT2D eigenvalue weighted by molar-refractivity contribution is 5.94. The molecule has 1 aromatic rings. The third-order valence-corrected chi connectivity index (χ3v) is 2.51. The van der Waals surface area contributed by atoms with Crippen molar-refractivity contribution in [3.8, 4) is 0 Å². The van der Waals surface area contributed by atoms with Crippen molar-refractivity contribution in [3.05, 3.63) is 35.4 Å². The summed E-state index contributed by atoms with van der Waals surface area (Å²) in [4.78, 5) is 11.7. The van der Waals surface area contributed by atoms with E-state index < -0.39 is 0 Å². The molecule has 3 N–H and O–H groups in total. The first kappa shape index (κ1) is 13.7. The number of methoxy groups -OCH3 is 1. The summed E-state index contributed by atoms with van der Waals surface area (Å²) in [5.41, 5.74) is 7.19. The lowest BCUT2D eigenvalue weighted by molar-refractivity contribution is 0.0951. The van der Waals surface area contributed by atoms with Crippen LogP contribution in [0.25, 0.3) is 0 Å². The maximum Gasteiger partial charge on any atom is 0.251 e. The Bertz CT molecular complexity index is 336. The lowest BCUT2D eigenvalue weighted by Gasteiger charge is -2.05. The molecule has 0 heterocycles. The second kappa shape index (κ2) is 7.81. The van der Waals surface area contributed by atoms with Crippen molar-refractivity contribution in [2.24, 2.45) is 5.73 Å². The van der Waals surface area contributed by atoms with Gasteiger partial charge in [0.25, 0.3) is 5.91 Å². The monoisotopic (exact) mass is 236 g/mol. The molecule has 0 aliphatic heterocycles. The van der Waals surface area contributed by atoms with Crippen LogP contribution in [0.3, 0.4) is 0 Å². The van der Waals surface area contributed by atoms with Gasteiger partial charge in [0, 0.05) is 32.4 Å². The molecule has 94 valence electrons. The predicted octanol–water partition coefficient (Wildman–Crippen LogP) is 1.30. The zero-order valence-corrected chi connectivity index (χ0v) is 10.2. The van der Waals surface area contributed by atoms with E-state index in [0.717, 1.165) is 25.0 Å². The summed E-state index contributed by atoms with van der Waals surface area (Å²) in [7, 11) is 1.68. The number of nitrogens with two attached hydrogens (primary N) is 1. The van der Waals surface area contributed by atoms with Gasteiger partial charge >= 0.3 is 0 Å². The van der Waals surface area contributed by atoms with Crippen LogP contribution in [0.15, 0.2) is 24.3 Å². The van der Waals surface area contributed by atoms with E-state index in [1.807, 2.05) is 12.1 Å². The van der Waals surface area contributed by atoms with Crippen molar-refractivity contribution in [2.45, 2.75) is 19.4 Å². The van der Waals surface area contributed by atoms with Crippen LogP contribution in [0, 0.1) is 0 Å². The van der Waals surface area contributed by atoms with E-state index in [0.29, 0.717) is 18.7 Å². The van der Waals surface area contributed by atoms with Crippen LogP contribution < -0.4 is 11.1 Å². The summed E-state index contributed by atoms with van der Waals surface area (Å²) in [6.45, 7) is 1.92. The molecular weight excluding hydrogens is 216 g/mol. The number of benzene rings is 1. The molecule has 0 atom stereocenters. The number of hydrogen-bond acceptors (Lipinski definition) is 3. The molecule has 0 unspecified atom stereocenters. The molecule has 0 spiro atoms. The van der Waals surface area contributed by atoms with Gasteiger partial charge < -0.3 is 15.8 Å². The van der Waals surface area contributed by atoms with Crippen LogP contribution in [-0.2, 0) is 11.3 Å². The molecule has 0 saturated carbocycles. The number of unbranched alkanes of at least 4 members (excludes halogenated alkanes) is 1. The summed E-state index contributed by atoms with van der Waals surface area (Å²) < 4.78 is 4.93. The van der Waals surface area contributed by atoms with Gasteiger partial charge in [0.15, 0.2) is 0 Å². The second-order valence-corrected chi connectivity index (χ2v) is 3.86. The fraction of sp³-hybridized carbons (Fsp3) is 0.462. The zero-order valence-electron chi connectivity index (χ0n) is 10.2. The second-order valence-electron chi connectivity index (χ2n) is 3.86. The number of ether oxygens (including phenoxy) is 1. The zero-order chi connectivity index (χ0) is 12.5. The fourth-order valence-electron chi connectivity index (χ4n) is 1.47. The molecule has 0 radical (unpaired) electrons. The molecule has 0 fully saturated rings. The van der Waals surface area contributed by atoms with Gasteiger partial charge in [-0.3, -0.25) is 4.79 Å². The van der Waals surface area contributed by atoms with Gasteiger partial charge in [-0.1, -0.05) is 12.1 Å². The molecule has 0 aromatic heterocycles. The average molecular weight is 236 g/mol. The number of rotatable bonds is 7. The maximum absolute atomic E-state index is 11.7. The maximum atomic E-state index is 11.7. The van der Waals surface area contributed by atoms with E-state index in [1.165, 1.54) is 0 Å². The minimum Gasteiger partial charge on any atom is -0.385 e. The van der Waals surface area contributed by atoms with Crippen molar-refractivity contribution in [2.75, 3.05) is 20.3 Å². The highest BCUT2D eigenvalue weighted by Crippen LogP contribution is 2.03.